The first-order valence-corrected chi connectivity index (χ1v) is 7.37. The van der Waals surface area contributed by atoms with Crippen LogP contribution in [0.2, 0.25) is 0 Å². The van der Waals surface area contributed by atoms with Gasteiger partial charge < -0.3 is 20.6 Å². The molecule has 0 aromatic rings. The molecular weight excluding hydrogens is 258 g/mol. The van der Waals surface area contributed by atoms with Crippen LogP contribution in [-0.2, 0) is 9.59 Å². The Kier molecular flexibility index (Phi) is 4.65. The zero-order chi connectivity index (χ0) is 14.9. The number of nitrogens with zero attached hydrogens (tertiary/aromatic N) is 1. The summed E-state index contributed by atoms with van der Waals surface area (Å²) >= 11 is 0. The van der Waals surface area contributed by atoms with Gasteiger partial charge in [-0.05, 0) is 39.9 Å². The highest BCUT2D eigenvalue weighted by atomic mass is 16.3. The summed E-state index contributed by atoms with van der Waals surface area (Å²) in [6.45, 7) is 5.40. The van der Waals surface area contributed by atoms with Crippen LogP contribution in [0.3, 0.4) is 0 Å². The third kappa shape index (κ3) is 3.12. The number of carbonyl (C=O) groups excluding carboxylic acids is 2. The fraction of sp³-hybridized carbons (Fsp3) is 0.857. The second kappa shape index (κ2) is 6.10. The summed E-state index contributed by atoms with van der Waals surface area (Å²) in [5.41, 5.74) is 0. The molecule has 2 amide bonds. The van der Waals surface area contributed by atoms with Crippen LogP contribution < -0.4 is 10.6 Å². The predicted molar refractivity (Wildman–Crippen MR) is 74.9 cm³/mol. The van der Waals surface area contributed by atoms with E-state index in [1.165, 1.54) is 0 Å². The molecule has 2 saturated heterocycles. The van der Waals surface area contributed by atoms with Crippen molar-refractivity contribution < 1.29 is 14.7 Å². The van der Waals surface area contributed by atoms with Crippen LogP contribution in [0.25, 0.3) is 0 Å². The fourth-order valence-electron chi connectivity index (χ4n) is 3.02. The number of likely N-dealkylation sites (tertiary alicyclic amines) is 1. The van der Waals surface area contributed by atoms with Crippen molar-refractivity contribution in [3.8, 4) is 0 Å². The number of nitrogens with one attached hydrogen (secondary N) is 2. The van der Waals surface area contributed by atoms with Crippen LogP contribution in [0.5, 0.6) is 0 Å². The quantitative estimate of drug-likeness (QED) is 0.598. The van der Waals surface area contributed by atoms with Crippen molar-refractivity contribution in [2.24, 2.45) is 11.8 Å². The van der Waals surface area contributed by atoms with E-state index < -0.39 is 12.0 Å². The Labute approximate surface area is 119 Å². The Bertz CT molecular complexity index is 378. The molecule has 1 unspecified atom stereocenters. The summed E-state index contributed by atoms with van der Waals surface area (Å²) in [5.74, 6) is -0.973. The highest BCUT2D eigenvalue weighted by Crippen LogP contribution is 2.26. The van der Waals surface area contributed by atoms with E-state index in [0.717, 1.165) is 25.9 Å². The molecule has 2 rings (SSSR count). The molecule has 0 spiro atoms. The number of piperidine rings is 1. The number of carbonyl (C=O) groups is 2. The number of amides is 2. The molecule has 2 aliphatic heterocycles. The first kappa shape index (κ1) is 15.3. The topological polar surface area (TPSA) is 81.7 Å². The van der Waals surface area contributed by atoms with Gasteiger partial charge in [0, 0.05) is 6.04 Å². The lowest BCUT2D eigenvalue weighted by Crippen LogP contribution is -2.66. The maximum Gasteiger partial charge on any atom is 0.228 e. The Balaban J connectivity index is 1.85. The minimum absolute atomic E-state index is 0.0322. The van der Waals surface area contributed by atoms with Gasteiger partial charge in [-0.25, -0.2) is 0 Å². The maximum absolute atomic E-state index is 12.2. The smallest absolute Gasteiger partial charge is 0.228 e. The number of rotatable bonds is 4. The minimum atomic E-state index is -0.715. The zero-order valence-corrected chi connectivity index (χ0v) is 12.4. The molecule has 0 bridgehead atoms. The van der Waals surface area contributed by atoms with Crippen LogP contribution in [0.4, 0.5) is 0 Å². The number of β-lactam (4-membered cyclic amide) rings is 1. The number of hydrogen-bond acceptors (Lipinski definition) is 4. The van der Waals surface area contributed by atoms with Crippen LogP contribution in [-0.4, -0.2) is 60.1 Å². The first-order chi connectivity index (χ1) is 9.40. The molecule has 2 heterocycles. The molecule has 0 aromatic carbocycles. The Morgan fingerprint density at radius 2 is 2.00 bits per heavy atom. The van der Waals surface area contributed by atoms with E-state index in [0.29, 0.717) is 0 Å². The van der Waals surface area contributed by atoms with Crippen LogP contribution in [0.1, 0.15) is 26.7 Å². The van der Waals surface area contributed by atoms with Crippen molar-refractivity contribution in [2.45, 2.75) is 44.9 Å². The summed E-state index contributed by atoms with van der Waals surface area (Å²) in [4.78, 5) is 25.9. The van der Waals surface area contributed by atoms with Crippen molar-refractivity contribution in [3.05, 3.63) is 0 Å². The molecule has 20 heavy (non-hydrogen) atoms. The molecular formula is C14H25N3O3. The molecule has 0 saturated carbocycles. The molecule has 0 aliphatic carbocycles. The van der Waals surface area contributed by atoms with Gasteiger partial charge in [0.05, 0.1) is 24.0 Å². The maximum atomic E-state index is 12.2. The highest BCUT2D eigenvalue weighted by Gasteiger charge is 2.47. The molecule has 0 aromatic heterocycles. The van der Waals surface area contributed by atoms with Gasteiger partial charge in [-0.2, -0.15) is 0 Å². The SMILES string of the molecule is CC(C(=O)NC1CCN(C)CC1)[C@H]1NC(=O)[C@@H]1[C@@H](C)O. The normalized spacial score (nSPS) is 31.1. The standard InChI is InChI=1S/C14H25N3O3/c1-8(12-11(9(2)18)14(20)16-12)13(19)15-10-4-6-17(3)7-5-10/h8-12,18H,4-7H2,1-3H3,(H,15,19)(H,16,20)/t8?,9-,11-,12-/m1/s1. The zero-order valence-electron chi connectivity index (χ0n) is 12.4. The monoisotopic (exact) mass is 283 g/mol. The molecule has 0 radical (unpaired) electrons. The first-order valence-electron chi connectivity index (χ1n) is 7.37. The minimum Gasteiger partial charge on any atom is -0.393 e. The van der Waals surface area contributed by atoms with Gasteiger partial charge in [0.1, 0.15) is 0 Å². The molecule has 6 heteroatoms. The van der Waals surface area contributed by atoms with E-state index in [-0.39, 0.29) is 29.8 Å². The Morgan fingerprint density at radius 1 is 1.40 bits per heavy atom. The molecule has 2 aliphatic rings. The van der Waals surface area contributed by atoms with Crippen molar-refractivity contribution >= 4 is 11.8 Å². The van der Waals surface area contributed by atoms with Gasteiger partial charge in [0.2, 0.25) is 11.8 Å². The van der Waals surface area contributed by atoms with E-state index in [2.05, 4.69) is 22.6 Å². The predicted octanol–water partition coefficient (Wildman–Crippen LogP) is -0.672. The molecule has 4 atom stereocenters. The van der Waals surface area contributed by atoms with Crippen molar-refractivity contribution in [1.82, 2.24) is 15.5 Å². The summed E-state index contributed by atoms with van der Waals surface area (Å²) in [5, 5.41) is 15.4. The molecule has 6 nitrogen and oxygen atoms in total. The number of hydrogen-bond donors (Lipinski definition) is 3. The molecule has 3 N–H and O–H groups in total. The van der Waals surface area contributed by atoms with E-state index in [1.807, 2.05) is 6.92 Å². The van der Waals surface area contributed by atoms with Gasteiger partial charge in [-0.3, -0.25) is 9.59 Å². The fourth-order valence-corrected chi connectivity index (χ4v) is 3.02. The van der Waals surface area contributed by atoms with Gasteiger partial charge in [0.25, 0.3) is 0 Å². The lowest BCUT2D eigenvalue weighted by Gasteiger charge is -2.42. The van der Waals surface area contributed by atoms with E-state index in [1.54, 1.807) is 6.92 Å². The summed E-state index contributed by atoms with van der Waals surface area (Å²) in [6, 6.07) is -0.0318. The summed E-state index contributed by atoms with van der Waals surface area (Å²) in [6.07, 6.45) is 1.21. The Morgan fingerprint density at radius 3 is 2.50 bits per heavy atom. The second-order valence-electron chi connectivity index (χ2n) is 6.18. The van der Waals surface area contributed by atoms with Crippen molar-refractivity contribution in [3.63, 3.8) is 0 Å². The van der Waals surface area contributed by atoms with E-state index in [9.17, 15) is 14.7 Å². The third-order valence-corrected chi connectivity index (χ3v) is 4.54. The van der Waals surface area contributed by atoms with Gasteiger partial charge in [-0.15, -0.1) is 0 Å². The highest BCUT2D eigenvalue weighted by molar-refractivity contribution is 5.90. The molecule has 114 valence electrons. The van der Waals surface area contributed by atoms with Crippen molar-refractivity contribution in [2.75, 3.05) is 20.1 Å². The summed E-state index contributed by atoms with van der Waals surface area (Å²) < 4.78 is 0. The largest absolute Gasteiger partial charge is 0.393 e. The summed E-state index contributed by atoms with van der Waals surface area (Å²) in [7, 11) is 2.08. The van der Waals surface area contributed by atoms with Crippen LogP contribution in [0, 0.1) is 11.8 Å². The van der Waals surface area contributed by atoms with Crippen LogP contribution in [0.15, 0.2) is 0 Å². The lowest BCUT2D eigenvalue weighted by molar-refractivity contribution is -0.145. The third-order valence-electron chi connectivity index (χ3n) is 4.54. The van der Waals surface area contributed by atoms with Crippen LogP contribution >= 0.6 is 0 Å². The lowest BCUT2D eigenvalue weighted by atomic mass is 9.78. The van der Waals surface area contributed by atoms with Gasteiger partial charge in [0.15, 0.2) is 0 Å². The second-order valence-corrected chi connectivity index (χ2v) is 6.18. The average molecular weight is 283 g/mol. The van der Waals surface area contributed by atoms with Crippen molar-refractivity contribution in [1.29, 1.82) is 0 Å². The average Bonchev–Trinajstić information content (AvgIpc) is 2.36. The van der Waals surface area contributed by atoms with Gasteiger partial charge >= 0.3 is 0 Å². The number of aliphatic hydroxyl groups excluding tert-OH is 1. The molecule has 2 fully saturated rings. The van der Waals surface area contributed by atoms with Gasteiger partial charge in [-0.1, -0.05) is 6.92 Å². The number of aliphatic hydroxyl groups is 1. The van der Waals surface area contributed by atoms with E-state index in [4.69, 9.17) is 0 Å². The Hall–Kier alpha value is -1.14. The van der Waals surface area contributed by atoms with E-state index >= 15 is 0 Å².